The number of nitrogens with zero attached hydrogens (tertiary/aromatic N) is 1. The Bertz CT molecular complexity index is 1020. The highest BCUT2D eigenvalue weighted by atomic mass is 16.6. The van der Waals surface area contributed by atoms with E-state index >= 15 is 0 Å². The van der Waals surface area contributed by atoms with Crippen LogP contribution in [0.25, 0.3) is 0 Å². The molecule has 6 nitrogen and oxygen atoms in total. The lowest BCUT2D eigenvalue weighted by Gasteiger charge is -2.35. The minimum Gasteiger partial charge on any atom is -0.445 e. The van der Waals surface area contributed by atoms with Crippen LogP contribution in [0.2, 0.25) is 0 Å². The molecule has 2 aliphatic heterocycles. The van der Waals surface area contributed by atoms with Gasteiger partial charge in [-0.2, -0.15) is 0 Å². The first kappa shape index (κ1) is 21.1. The summed E-state index contributed by atoms with van der Waals surface area (Å²) in [5, 5.41) is 2.85. The Kier molecular flexibility index (Phi) is 5.56. The number of esters is 1. The average molecular weight is 421 g/mol. The van der Waals surface area contributed by atoms with Crippen LogP contribution in [0.15, 0.2) is 48.5 Å². The molecule has 0 aliphatic carbocycles. The lowest BCUT2D eigenvalue weighted by Crippen LogP contribution is -2.49. The molecule has 6 heteroatoms. The van der Waals surface area contributed by atoms with Gasteiger partial charge in [0, 0.05) is 19.5 Å². The number of hydrogen-bond acceptors (Lipinski definition) is 4. The topological polar surface area (TPSA) is 75.7 Å². The van der Waals surface area contributed by atoms with E-state index < -0.39 is 17.5 Å². The molecule has 0 saturated carbocycles. The Morgan fingerprint density at radius 3 is 2.42 bits per heavy atom. The predicted octanol–water partition coefficient (Wildman–Crippen LogP) is 3.92. The molecular weight excluding hydrogens is 392 g/mol. The van der Waals surface area contributed by atoms with Crippen molar-refractivity contribution >= 4 is 23.5 Å². The summed E-state index contributed by atoms with van der Waals surface area (Å²) in [5.74, 6) is -0.174. The maximum Gasteiger partial charge on any atom is 0.339 e. The van der Waals surface area contributed by atoms with Crippen molar-refractivity contribution in [1.82, 2.24) is 4.90 Å². The van der Waals surface area contributed by atoms with Crippen LogP contribution in [-0.4, -0.2) is 41.4 Å². The molecule has 3 unspecified atom stereocenters. The number of hydrogen-bond donors (Lipinski definition) is 1. The molecule has 162 valence electrons. The molecule has 3 atom stereocenters. The SMILES string of the molecule is CC1CC(C)CN(C(=O)c2ccccc2NC(=O)C2(C)Cc3ccccc3C(=O)O2)C1. The van der Waals surface area contributed by atoms with Gasteiger partial charge in [-0.25, -0.2) is 4.79 Å². The second-order valence-electron chi connectivity index (χ2n) is 9.11. The summed E-state index contributed by atoms with van der Waals surface area (Å²) in [6.07, 6.45) is 1.38. The molecule has 0 aromatic heterocycles. The zero-order chi connectivity index (χ0) is 22.2. The van der Waals surface area contributed by atoms with Crippen molar-refractivity contribution in [2.24, 2.45) is 11.8 Å². The van der Waals surface area contributed by atoms with Gasteiger partial charge in [0.1, 0.15) is 0 Å². The van der Waals surface area contributed by atoms with Crippen molar-refractivity contribution in [3.8, 4) is 0 Å². The molecule has 4 rings (SSSR count). The molecule has 2 heterocycles. The van der Waals surface area contributed by atoms with E-state index in [4.69, 9.17) is 4.74 Å². The first-order valence-corrected chi connectivity index (χ1v) is 10.8. The summed E-state index contributed by atoms with van der Waals surface area (Å²) in [5.41, 5.74) is 0.784. The second kappa shape index (κ2) is 8.17. The maximum absolute atomic E-state index is 13.3. The van der Waals surface area contributed by atoms with Gasteiger partial charge in [-0.1, -0.05) is 44.2 Å². The van der Waals surface area contributed by atoms with Crippen molar-refractivity contribution in [3.63, 3.8) is 0 Å². The highest BCUT2D eigenvalue weighted by Gasteiger charge is 2.43. The van der Waals surface area contributed by atoms with Crippen LogP contribution in [0, 0.1) is 11.8 Å². The highest BCUT2D eigenvalue weighted by molar-refractivity contribution is 6.07. The number of anilines is 1. The van der Waals surface area contributed by atoms with Crippen molar-refractivity contribution in [3.05, 3.63) is 65.2 Å². The number of carbonyl (C=O) groups excluding carboxylic acids is 3. The molecule has 2 aliphatic rings. The molecule has 1 N–H and O–H groups in total. The fourth-order valence-electron chi connectivity index (χ4n) is 4.69. The Hall–Kier alpha value is -3.15. The van der Waals surface area contributed by atoms with Crippen LogP contribution in [0.5, 0.6) is 0 Å². The number of piperidine rings is 1. The van der Waals surface area contributed by atoms with Crippen LogP contribution < -0.4 is 5.32 Å². The summed E-state index contributed by atoms with van der Waals surface area (Å²) in [6.45, 7) is 7.32. The quantitative estimate of drug-likeness (QED) is 0.764. The van der Waals surface area contributed by atoms with Crippen molar-refractivity contribution in [1.29, 1.82) is 0 Å². The zero-order valence-corrected chi connectivity index (χ0v) is 18.2. The molecule has 31 heavy (non-hydrogen) atoms. The van der Waals surface area contributed by atoms with Crippen molar-refractivity contribution < 1.29 is 19.1 Å². The smallest absolute Gasteiger partial charge is 0.339 e. The number of fused-ring (bicyclic) bond motifs is 1. The zero-order valence-electron chi connectivity index (χ0n) is 18.2. The maximum atomic E-state index is 13.3. The standard InChI is InChI=1S/C25H28N2O4/c1-16-12-17(2)15-27(14-16)22(28)20-10-6-7-11-21(20)26-24(30)25(3)13-18-8-4-5-9-19(18)23(29)31-25/h4-11,16-17H,12-15H2,1-3H3,(H,26,30). The summed E-state index contributed by atoms with van der Waals surface area (Å²) >= 11 is 0. The molecule has 1 fully saturated rings. The minimum absolute atomic E-state index is 0.0922. The number of rotatable bonds is 3. The number of cyclic esters (lactones) is 1. The highest BCUT2D eigenvalue weighted by Crippen LogP contribution is 2.30. The van der Waals surface area contributed by atoms with Gasteiger partial charge in [-0.3, -0.25) is 9.59 Å². The Morgan fingerprint density at radius 1 is 1.03 bits per heavy atom. The fourth-order valence-corrected chi connectivity index (χ4v) is 4.69. The number of benzene rings is 2. The molecule has 2 aromatic rings. The third-order valence-electron chi connectivity index (χ3n) is 6.13. The van der Waals surface area contributed by atoms with Gasteiger partial charge < -0.3 is 15.0 Å². The Labute approximate surface area is 182 Å². The number of likely N-dealkylation sites (tertiary alicyclic amines) is 1. The van der Waals surface area contributed by atoms with Gasteiger partial charge >= 0.3 is 5.97 Å². The lowest BCUT2D eigenvalue weighted by molar-refractivity contribution is -0.134. The largest absolute Gasteiger partial charge is 0.445 e. The van der Waals surface area contributed by atoms with Gasteiger partial charge in [0.2, 0.25) is 0 Å². The summed E-state index contributed by atoms with van der Waals surface area (Å²) in [4.78, 5) is 40.7. The van der Waals surface area contributed by atoms with Gasteiger partial charge in [0.25, 0.3) is 11.8 Å². The van der Waals surface area contributed by atoms with Crippen molar-refractivity contribution in [2.75, 3.05) is 18.4 Å². The summed E-state index contributed by atoms with van der Waals surface area (Å²) in [6, 6.07) is 14.1. The van der Waals surface area contributed by atoms with E-state index in [0.29, 0.717) is 41.7 Å². The number of carbonyl (C=O) groups is 3. The first-order valence-electron chi connectivity index (χ1n) is 10.8. The number of ether oxygens (including phenoxy) is 1. The molecule has 2 amide bonds. The van der Waals surface area contributed by atoms with E-state index in [1.807, 2.05) is 17.0 Å². The van der Waals surface area contributed by atoms with Crippen LogP contribution in [0.1, 0.15) is 53.5 Å². The van der Waals surface area contributed by atoms with E-state index in [0.717, 1.165) is 12.0 Å². The predicted molar refractivity (Wildman–Crippen MR) is 118 cm³/mol. The van der Waals surface area contributed by atoms with Gasteiger partial charge in [-0.05, 0) is 48.9 Å². The third-order valence-corrected chi connectivity index (χ3v) is 6.13. The van der Waals surface area contributed by atoms with Gasteiger partial charge in [0.15, 0.2) is 5.60 Å². The molecule has 0 radical (unpaired) electrons. The molecule has 2 aromatic carbocycles. The molecule has 0 spiro atoms. The van der Waals surface area contributed by atoms with Crippen LogP contribution in [0.3, 0.4) is 0 Å². The monoisotopic (exact) mass is 420 g/mol. The van der Waals surface area contributed by atoms with Crippen LogP contribution in [0.4, 0.5) is 5.69 Å². The van der Waals surface area contributed by atoms with Gasteiger partial charge in [0.05, 0.1) is 16.8 Å². The van der Waals surface area contributed by atoms with E-state index in [1.54, 1.807) is 43.3 Å². The van der Waals surface area contributed by atoms with E-state index in [1.165, 1.54) is 0 Å². The second-order valence-corrected chi connectivity index (χ2v) is 9.11. The normalized spacial score (nSPS) is 25.4. The fraction of sp³-hybridized carbons (Fsp3) is 0.400. The van der Waals surface area contributed by atoms with E-state index in [9.17, 15) is 14.4 Å². The lowest BCUT2D eigenvalue weighted by atomic mass is 9.89. The van der Waals surface area contributed by atoms with Crippen LogP contribution >= 0.6 is 0 Å². The third kappa shape index (κ3) is 4.20. The van der Waals surface area contributed by atoms with E-state index in [2.05, 4.69) is 19.2 Å². The first-order chi connectivity index (χ1) is 14.8. The van der Waals surface area contributed by atoms with E-state index in [-0.39, 0.29) is 12.3 Å². The number of para-hydroxylation sites is 1. The summed E-state index contributed by atoms with van der Waals surface area (Å²) < 4.78 is 5.53. The van der Waals surface area contributed by atoms with Gasteiger partial charge in [-0.15, -0.1) is 0 Å². The summed E-state index contributed by atoms with van der Waals surface area (Å²) in [7, 11) is 0. The molecule has 1 saturated heterocycles. The average Bonchev–Trinajstić information content (AvgIpc) is 2.73. The molecule has 0 bridgehead atoms. The Balaban J connectivity index is 1.56. The van der Waals surface area contributed by atoms with Crippen molar-refractivity contribution in [2.45, 2.75) is 39.2 Å². The van der Waals surface area contributed by atoms with Crippen LogP contribution in [-0.2, 0) is 16.0 Å². The Morgan fingerprint density at radius 2 is 1.68 bits per heavy atom. The molecular formula is C25H28N2O4. The number of nitrogens with one attached hydrogen (secondary N) is 1. The number of amides is 2. The minimum atomic E-state index is -1.35.